The molecule has 1 unspecified atom stereocenters. The molecule has 2 N–H and O–H groups in total. The number of thiazole rings is 1. The van der Waals surface area contributed by atoms with Gasteiger partial charge in [-0.05, 0) is 37.5 Å². The van der Waals surface area contributed by atoms with Crippen molar-refractivity contribution in [2.75, 3.05) is 6.54 Å². The second-order valence-corrected chi connectivity index (χ2v) is 6.30. The third kappa shape index (κ3) is 2.40. The molecule has 5 heteroatoms. The molecule has 1 aromatic heterocycles. The van der Waals surface area contributed by atoms with Gasteiger partial charge in [-0.25, -0.2) is 9.37 Å². The highest BCUT2D eigenvalue weighted by Gasteiger charge is 2.24. The van der Waals surface area contributed by atoms with E-state index in [0.29, 0.717) is 28.1 Å². The van der Waals surface area contributed by atoms with E-state index in [1.807, 2.05) is 0 Å². The van der Waals surface area contributed by atoms with Gasteiger partial charge in [-0.3, -0.25) is 0 Å². The molecule has 2 nitrogen and oxygen atoms in total. The molecular weight excluding hydrogens is 283 g/mol. The molecule has 0 amide bonds. The standard InChI is InChI=1S/C14H14ClFN2S/c15-9-4-5-11(16)10(6-9)14-18-13-8(7-17)2-1-3-12(13)19-14/h4-6,8H,1-3,7,17H2. The lowest BCUT2D eigenvalue weighted by atomic mass is 9.91. The lowest BCUT2D eigenvalue weighted by Crippen LogP contribution is -2.17. The monoisotopic (exact) mass is 296 g/mol. The van der Waals surface area contributed by atoms with Gasteiger partial charge in [0.25, 0.3) is 0 Å². The van der Waals surface area contributed by atoms with Crippen molar-refractivity contribution in [3.63, 3.8) is 0 Å². The maximum Gasteiger partial charge on any atom is 0.133 e. The average Bonchev–Trinajstić information content (AvgIpc) is 2.85. The van der Waals surface area contributed by atoms with Gasteiger partial charge in [0.15, 0.2) is 0 Å². The number of aryl methyl sites for hydroxylation is 1. The van der Waals surface area contributed by atoms with Crippen molar-refractivity contribution in [3.05, 3.63) is 39.6 Å². The summed E-state index contributed by atoms with van der Waals surface area (Å²) in [5.74, 6) is 0.0378. The molecule has 1 atom stereocenters. The normalized spacial score (nSPS) is 18.4. The number of benzene rings is 1. The summed E-state index contributed by atoms with van der Waals surface area (Å²) < 4.78 is 13.9. The Bertz CT molecular complexity index is 611. The first-order chi connectivity index (χ1) is 9.19. The lowest BCUT2D eigenvalue weighted by molar-refractivity contribution is 0.554. The van der Waals surface area contributed by atoms with Crippen LogP contribution < -0.4 is 5.73 Å². The van der Waals surface area contributed by atoms with Gasteiger partial charge in [0, 0.05) is 27.9 Å². The zero-order valence-corrected chi connectivity index (χ0v) is 11.9. The third-order valence-electron chi connectivity index (χ3n) is 3.51. The summed E-state index contributed by atoms with van der Waals surface area (Å²) in [6.45, 7) is 0.605. The van der Waals surface area contributed by atoms with Crippen molar-refractivity contribution in [1.82, 2.24) is 4.98 Å². The van der Waals surface area contributed by atoms with Crippen LogP contribution in [0.25, 0.3) is 10.6 Å². The van der Waals surface area contributed by atoms with Gasteiger partial charge in [0.1, 0.15) is 10.8 Å². The highest BCUT2D eigenvalue weighted by atomic mass is 35.5. The Labute approximate surface area is 120 Å². The largest absolute Gasteiger partial charge is 0.330 e. The van der Waals surface area contributed by atoms with Gasteiger partial charge in [0.05, 0.1) is 5.69 Å². The number of nitrogens with two attached hydrogens (primary N) is 1. The fraction of sp³-hybridized carbons (Fsp3) is 0.357. The summed E-state index contributed by atoms with van der Waals surface area (Å²) in [5, 5.41) is 1.24. The van der Waals surface area contributed by atoms with Crippen LogP contribution in [0.5, 0.6) is 0 Å². The van der Waals surface area contributed by atoms with E-state index in [9.17, 15) is 4.39 Å². The smallest absolute Gasteiger partial charge is 0.133 e. The van der Waals surface area contributed by atoms with Gasteiger partial charge >= 0.3 is 0 Å². The average molecular weight is 297 g/mol. The first kappa shape index (κ1) is 13.0. The molecule has 1 aliphatic rings. The summed E-state index contributed by atoms with van der Waals surface area (Å²) in [7, 11) is 0. The van der Waals surface area contributed by atoms with Crippen molar-refractivity contribution in [3.8, 4) is 10.6 Å². The van der Waals surface area contributed by atoms with Gasteiger partial charge in [0.2, 0.25) is 0 Å². The SMILES string of the molecule is NCC1CCCc2sc(-c3cc(Cl)ccc3F)nc21. The van der Waals surface area contributed by atoms with Crippen LogP contribution in [0.3, 0.4) is 0 Å². The van der Waals surface area contributed by atoms with Crippen LogP contribution in [0.4, 0.5) is 4.39 Å². The molecule has 1 heterocycles. The minimum absolute atomic E-state index is 0.278. The second kappa shape index (κ2) is 5.19. The van der Waals surface area contributed by atoms with Crippen molar-refractivity contribution in [1.29, 1.82) is 0 Å². The number of halogens is 2. The molecule has 1 aliphatic carbocycles. The Hall–Kier alpha value is -0.970. The molecule has 0 radical (unpaired) electrons. The quantitative estimate of drug-likeness (QED) is 0.910. The Morgan fingerprint density at radius 3 is 3.11 bits per heavy atom. The van der Waals surface area contributed by atoms with Gasteiger partial charge in [-0.2, -0.15) is 0 Å². The summed E-state index contributed by atoms with van der Waals surface area (Å²) in [6.07, 6.45) is 3.23. The Kier molecular flexibility index (Phi) is 3.56. The predicted octanol–water partition coefficient (Wildman–Crippen LogP) is 3.98. The van der Waals surface area contributed by atoms with Crippen molar-refractivity contribution < 1.29 is 4.39 Å². The number of aromatic nitrogens is 1. The molecule has 100 valence electrons. The van der Waals surface area contributed by atoms with E-state index in [1.165, 1.54) is 10.9 Å². The first-order valence-electron chi connectivity index (χ1n) is 6.34. The molecule has 0 bridgehead atoms. The topological polar surface area (TPSA) is 38.9 Å². The second-order valence-electron chi connectivity index (χ2n) is 4.78. The van der Waals surface area contributed by atoms with Crippen LogP contribution in [0, 0.1) is 5.82 Å². The van der Waals surface area contributed by atoms with E-state index in [0.717, 1.165) is 25.0 Å². The molecule has 0 saturated carbocycles. The summed E-state index contributed by atoms with van der Waals surface area (Å²) >= 11 is 7.50. The van der Waals surface area contributed by atoms with Crippen LogP contribution >= 0.6 is 22.9 Å². The first-order valence-corrected chi connectivity index (χ1v) is 7.53. The van der Waals surface area contributed by atoms with Crippen molar-refractivity contribution in [2.24, 2.45) is 5.73 Å². The molecule has 0 fully saturated rings. The minimum atomic E-state index is -0.278. The van der Waals surface area contributed by atoms with Gasteiger partial charge in [-0.1, -0.05) is 11.6 Å². The molecule has 1 aromatic carbocycles. The fourth-order valence-corrected chi connectivity index (χ4v) is 3.89. The van der Waals surface area contributed by atoms with E-state index in [2.05, 4.69) is 4.98 Å². The number of hydrogen-bond acceptors (Lipinski definition) is 3. The zero-order chi connectivity index (χ0) is 13.4. The summed E-state index contributed by atoms with van der Waals surface area (Å²) in [5.41, 5.74) is 7.34. The molecule has 0 aliphatic heterocycles. The molecule has 0 spiro atoms. The highest BCUT2D eigenvalue weighted by Crippen LogP contribution is 2.38. The highest BCUT2D eigenvalue weighted by molar-refractivity contribution is 7.15. The fourth-order valence-electron chi connectivity index (χ4n) is 2.51. The summed E-state index contributed by atoms with van der Waals surface area (Å²) in [4.78, 5) is 5.86. The Balaban J connectivity index is 2.07. The van der Waals surface area contributed by atoms with Crippen molar-refractivity contribution >= 4 is 22.9 Å². The van der Waals surface area contributed by atoms with Crippen LogP contribution in [0.15, 0.2) is 18.2 Å². The van der Waals surface area contributed by atoms with E-state index in [4.69, 9.17) is 17.3 Å². The van der Waals surface area contributed by atoms with Gasteiger partial charge in [-0.15, -0.1) is 11.3 Å². The van der Waals surface area contributed by atoms with Crippen LogP contribution in [-0.2, 0) is 6.42 Å². The van der Waals surface area contributed by atoms with E-state index >= 15 is 0 Å². The van der Waals surface area contributed by atoms with E-state index < -0.39 is 0 Å². The Morgan fingerprint density at radius 2 is 2.32 bits per heavy atom. The number of hydrogen-bond donors (Lipinski definition) is 1. The molecule has 19 heavy (non-hydrogen) atoms. The minimum Gasteiger partial charge on any atom is -0.330 e. The number of nitrogens with zero attached hydrogens (tertiary/aromatic N) is 1. The molecular formula is C14H14ClFN2S. The number of rotatable bonds is 2. The number of fused-ring (bicyclic) bond motifs is 1. The van der Waals surface area contributed by atoms with Crippen LogP contribution in [-0.4, -0.2) is 11.5 Å². The third-order valence-corrected chi connectivity index (χ3v) is 4.91. The molecule has 3 rings (SSSR count). The van der Waals surface area contributed by atoms with Gasteiger partial charge < -0.3 is 5.73 Å². The predicted molar refractivity (Wildman–Crippen MR) is 77.3 cm³/mol. The maximum atomic E-state index is 13.9. The Morgan fingerprint density at radius 1 is 1.47 bits per heavy atom. The molecule has 0 saturated heterocycles. The van der Waals surface area contributed by atoms with E-state index in [-0.39, 0.29) is 5.82 Å². The lowest BCUT2D eigenvalue weighted by Gasteiger charge is -2.18. The van der Waals surface area contributed by atoms with Crippen LogP contribution in [0.1, 0.15) is 29.3 Å². The van der Waals surface area contributed by atoms with Crippen LogP contribution in [0.2, 0.25) is 5.02 Å². The summed E-state index contributed by atoms with van der Waals surface area (Å²) in [6, 6.07) is 4.58. The maximum absolute atomic E-state index is 13.9. The van der Waals surface area contributed by atoms with Crippen molar-refractivity contribution in [2.45, 2.75) is 25.2 Å². The zero-order valence-electron chi connectivity index (χ0n) is 10.3. The molecule has 2 aromatic rings. The van der Waals surface area contributed by atoms with E-state index in [1.54, 1.807) is 23.5 Å².